The second-order valence-corrected chi connectivity index (χ2v) is 7.05. The molecule has 5 heteroatoms. The summed E-state index contributed by atoms with van der Waals surface area (Å²) >= 11 is 6.01. The van der Waals surface area contributed by atoms with Crippen molar-refractivity contribution < 1.29 is 14.0 Å². The standard InChI is InChI=1S/C21H21ClFNO2/c22-17-9-4-10-18(23)20(17)21(26)24-13-5-8-16(14-24)19(25)12-11-15-6-2-1-3-7-15/h1-4,6-7,9-10,16H,5,8,11-14H2/t16-/m1/s1. The Morgan fingerprint density at radius 2 is 1.88 bits per heavy atom. The SMILES string of the molecule is O=C(CCc1ccccc1)[C@@H]1CCCN(C(=O)c2c(F)cccc2Cl)C1. The average molecular weight is 374 g/mol. The van der Waals surface area contributed by atoms with Crippen LogP contribution in [-0.4, -0.2) is 29.7 Å². The molecule has 0 unspecified atom stereocenters. The van der Waals surface area contributed by atoms with E-state index in [0.717, 1.165) is 18.4 Å². The van der Waals surface area contributed by atoms with E-state index in [1.807, 2.05) is 30.3 Å². The summed E-state index contributed by atoms with van der Waals surface area (Å²) in [6.45, 7) is 0.850. The van der Waals surface area contributed by atoms with Gasteiger partial charge < -0.3 is 4.90 Å². The third-order valence-electron chi connectivity index (χ3n) is 4.84. The Kier molecular flexibility index (Phi) is 6.04. The van der Waals surface area contributed by atoms with Crippen molar-refractivity contribution in [1.29, 1.82) is 0 Å². The molecule has 0 bridgehead atoms. The molecule has 0 radical (unpaired) electrons. The summed E-state index contributed by atoms with van der Waals surface area (Å²) < 4.78 is 14.0. The molecule has 0 N–H and O–H groups in total. The summed E-state index contributed by atoms with van der Waals surface area (Å²) in [4.78, 5) is 26.8. The maximum atomic E-state index is 14.0. The van der Waals surface area contributed by atoms with Crippen LogP contribution in [-0.2, 0) is 11.2 Å². The van der Waals surface area contributed by atoms with E-state index in [1.54, 1.807) is 4.90 Å². The first kappa shape index (κ1) is 18.6. The molecule has 1 amide bonds. The summed E-state index contributed by atoms with van der Waals surface area (Å²) in [5.74, 6) is -1.10. The van der Waals surface area contributed by atoms with Gasteiger partial charge in [0.25, 0.3) is 5.91 Å². The Labute approximate surface area is 157 Å². The molecule has 1 aliphatic heterocycles. The third-order valence-corrected chi connectivity index (χ3v) is 5.16. The molecule has 1 heterocycles. The lowest BCUT2D eigenvalue weighted by Gasteiger charge is -2.32. The number of benzene rings is 2. The lowest BCUT2D eigenvalue weighted by Crippen LogP contribution is -2.42. The molecular weight excluding hydrogens is 353 g/mol. The highest BCUT2D eigenvalue weighted by atomic mass is 35.5. The number of Topliss-reactive ketones (excluding diaryl/α,β-unsaturated/α-hetero) is 1. The Morgan fingerprint density at radius 3 is 2.62 bits per heavy atom. The number of nitrogens with zero attached hydrogens (tertiary/aromatic N) is 1. The third kappa shape index (κ3) is 4.31. The van der Waals surface area contributed by atoms with Crippen LogP contribution >= 0.6 is 11.6 Å². The molecule has 3 rings (SSSR count). The average Bonchev–Trinajstić information content (AvgIpc) is 2.67. The fourth-order valence-electron chi connectivity index (χ4n) is 3.40. The first-order chi connectivity index (χ1) is 12.6. The number of ketones is 1. The van der Waals surface area contributed by atoms with Crippen molar-refractivity contribution >= 4 is 23.3 Å². The zero-order valence-electron chi connectivity index (χ0n) is 14.5. The maximum Gasteiger partial charge on any atom is 0.258 e. The lowest BCUT2D eigenvalue weighted by molar-refractivity contribution is -0.124. The fourth-order valence-corrected chi connectivity index (χ4v) is 3.64. The number of aryl methyl sites for hydroxylation is 1. The van der Waals surface area contributed by atoms with Gasteiger partial charge in [-0.2, -0.15) is 0 Å². The van der Waals surface area contributed by atoms with Gasteiger partial charge in [-0.25, -0.2) is 4.39 Å². The number of piperidine rings is 1. The van der Waals surface area contributed by atoms with Crippen LogP contribution in [0.2, 0.25) is 5.02 Å². The van der Waals surface area contributed by atoms with Crippen molar-refractivity contribution in [2.75, 3.05) is 13.1 Å². The van der Waals surface area contributed by atoms with Crippen LogP contribution in [0.4, 0.5) is 4.39 Å². The van der Waals surface area contributed by atoms with E-state index in [-0.39, 0.29) is 22.3 Å². The normalized spacial score (nSPS) is 17.2. The van der Waals surface area contributed by atoms with Crippen molar-refractivity contribution in [3.63, 3.8) is 0 Å². The minimum absolute atomic E-state index is 0.104. The van der Waals surface area contributed by atoms with Gasteiger partial charge in [-0.3, -0.25) is 9.59 Å². The molecule has 1 fully saturated rings. The number of amides is 1. The minimum Gasteiger partial charge on any atom is -0.338 e. The monoisotopic (exact) mass is 373 g/mol. The fraction of sp³-hybridized carbons (Fsp3) is 0.333. The predicted molar refractivity (Wildman–Crippen MR) is 99.8 cm³/mol. The summed E-state index contributed by atoms with van der Waals surface area (Å²) in [7, 11) is 0. The van der Waals surface area contributed by atoms with Crippen molar-refractivity contribution in [2.24, 2.45) is 5.92 Å². The Morgan fingerprint density at radius 1 is 1.12 bits per heavy atom. The molecule has 0 saturated carbocycles. The van der Waals surface area contributed by atoms with Crippen LogP contribution in [0.3, 0.4) is 0 Å². The van der Waals surface area contributed by atoms with Gasteiger partial charge in [0, 0.05) is 25.4 Å². The molecule has 0 aromatic heterocycles. The summed E-state index contributed by atoms with van der Waals surface area (Å²) in [6.07, 6.45) is 2.66. The van der Waals surface area contributed by atoms with E-state index in [4.69, 9.17) is 11.6 Å². The van der Waals surface area contributed by atoms with Crippen molar-refractivity contribution in [1.82, 2.24) is 4.90 Å². The molecule has 0 aliphatic carbocycles. The smallest absolute Gasteiger partial charge is 0.258 e. The highest BCUT2D eigenvalue weighted by molar-refractivity contribution is 6.33. The van der Waals surface area contributed by atoms with E-state index in [9.17, 15) is 14.0 Å². The van der Waals surface area contributed by atoms with E-state index < -0.39 is 11.7 Å². The Bertz CT molecular complexity index is 774. The number of carbonyl (C=O) groups is 2. The summed E-state index contributed by atoms with van der Waals surface area (Å²) in [5.41, 5.74) is 1.02. The largest absolute Gasteiger partial charge is 0.338 e. The molecule has 1 aliphatic rings. The number of halogens is 2. The van der Waals surface area contributed by atoms with Gasteiger partial charge in [-0.1, -0.05) is 48.0 Å². The first-order valence-electron chi connectivity index (χ1n) is 8.86. The van der Waals surface area contributed by atoms with Crippen molar-refractivity contribution in [3.05, 3.63) is 70.5 Å². The quantitative estimate of drug-likeness (QED) is 0.772. The van der Waals surface area contributed by atoms with E-state index in [1.165, 1.54) is 18.2 Å². The minimum atomic E-state index is -0.625. The second-order valence-electron chi connectivity index (χ2n) is 6.64. The van der Waals surface area contributed by atoms with Crippen LogP contribution in [0.5, 0.6) is 0 Å². The molecule has 1 saturated heterocycles. The number of likely N-dealkylation sites (tertiary alicyclic amines) is 1. The molecular formula is C21H21ClFNO2. The number of carbonyl (C=O) groups excluding carboxylic acids is 2. The molecule has 1 atom stereocenters. The molecule has 2 aromatic carbocycles. The number of hydrogen-bond donors (Lipinski definition) is 0. The molecule has 0 spiro atoms. The predicted octanol–water partition coefficient (Wildman–Crippen LogP) is 4.53. The van der Waals surface area contributed by atoms with Crippen LogP contribution in [0.15, 0.2) is 48.5 Å². The highest BCUT2D eigenvalue weighted by Crippen LogP contribution is 2.25. The Balaban J connectivity index is 1.63. The first-order valence-corrected chi connectivity index (χ1v) is 9.24. The summed E-state index contributed by atoms with van der Waals surface area (Å²) in [5, 5.41) is 0.104. The van der Waals surface area contributed by atoms with Gasteiger partial charge in [0.15, 0.2) is 0 Å². The van der Waals surface area contributed by atoms with Gasteiger partial charge in [-0.15, -0.1) is 0 Å². The van der Waals surface area contributed by atoms with Crippen molar-refractivity contribution in [2.45, 2.75) is 25.7 Å². The van der Waals surface area contributed by atoms with Gasteiger partial charge in [0.05, 0.1) is 10.6 Å². The highest BCUT2D eigenvalue weighted by Gasteiger charge is 2.30. The number of hydrogen-bond acceptors (Lipinski definition) is 2. The second kappa shape index (κ2) is 8.45. The molecule has 3 nitrogen and oxygen atoms in total. The van der Waals surface area contributed by atoms with Crippen LogP contribution in [0, 0.1) is 11.7 Å². The molecule has 26 heavy (non-hydrogen) atoms. The van der Waals surface area contributed by atoms with E-state index >= 15 is 0 Å². The lowest BCUT2D eigenvalue weighted by atomic mass is 9.90. The van der Waals surface area contributed by atoms with Gasteiger partial charge in [0.2, 0.25) is 0 Å². The summed E-state index contributed by atoms with van der Waals surface area (Å²) in [6, 6.07) is 14.1. The number of rotatable bonds is 5. The van der Waals surface area contributed by atoms with Crippen LogP contribution in [0.1, 0.15) is 35.2 Å². The zero-order chi connectivity index (χ0) is 18.5. The van der Waals surface area contributed by atoms with Gasteiger partial charge in [0.1, 0.15) is 11.6 Å². The van der Waals surface area contributed by atoms with Crippen LogP contribution in [0.25, 0.3) is 0 Å². The molecule has 2 aromatic rings. The van der Waals surface area contributed by atoms with E-state index in [0.29, 0.717) is 25.9 Å². The van der Waals surface area contributed by atoms with Gasteiger partial charge in [-0.05, 0) is 37.0 Å². The van der Waals surface area contributed by atoms with Crippen molar-refractivity contribution in [3.8, 4) is 0 Å². The zero-order valence-corrected chi connectivity index (χ0v) is 15.2. The maximum absolute atomic E-state index is 14.0. The van der Waals surface area contributed by atoms with Crippen LogP contribution < -0.4 is 0 Å². The Hall–Kier alpha value is -2.20. The molecule has 136 valence electrons. The topological polar surface area (TPSA) is 37.4 Å². The van der Waals surface area contributed by atoms with Gasteiger partial charge >= 0.3 is 0 Å². The van der Waals surface area contributed by atoms with E-state index in [2.05, 4.69) is 0 Å².